The number of aryl methyl sites for hydroxylation is 1. The van der Waals surface area contributed by atoms with E-state index in [-0.39, 0.29) is 29.7 Å². The van der Waals surface area contributed by atoms with Gasteiger partial charge in [-0.05, 0) is 24.8 Å². The fourth-order valence-corrected chi connectivity index (χ4v) is 2.78. The molecule has 134 valence electrons. The van der Waals surface area contributed by atoms with Crippen molar-refractivity contribution in [2.24, 2.45) is 0 Å². The highest BCUT2D eigenvalue weighted by molar-refractivity contribution is 6.17. The number of nitrogens with zero attached hydrogens (tertiary/aromatic N) is 1. The second kappa shape index (κ2) is 9.16. The number of ether oxygens (including phenoxy) is 1. The van der Waals surface area contributed by atoms with E-state index in [1.807, 2.05) is 30.3 Å². The van der Waals surface area contributed by atoms with Gasteiger partial charge in [-0.3, -0.25) is 9.59 Å². The monoisotopic (exact) mass is 343 g/mol. The second-order valence-corrected chi connectivity index (χ2v) is 6.56. The average molecular weight is 343 g/mol. The van der Waals surface area contributed by atoms with Crippen LogP contribution in [-0.4, -0.2) is 42.6 Å². The molecule has 0 aliphatic heterocycles. The lowest BCUT2D eigenvalue weighted by atomic mass is 9.96. The van der Waals surface area contributed by atoms with E-state index in [2.05, 4.69) is 0 Å². The molecule has 0 bridgehead atoms. The van der Waals surface area contributed by atoms with Crippen molar-refractivity contribution >= 4 is 17.5 Å². The Morgan fingerprint density at radius 2 is 1.80 bits per heavy atom. The van der Waals surface area contributed by atoms with E-state index in [1.54, 1.807) is 19.0 Å². The van der Waals surface area contributed by atoms with Gasteiger partial charge in [-0.1, -0.05) is 30.3 Å². The van der Waals surface area contributed by atoms with Crippen LogP contribution in [0.15, 0.2) is 42.1 Å². The molecule has 0 N–H and O–H groups in total. The summed E-state index contributed by atoms with van der Waals surface area (Å²) >= 11 is 0. The Morgan fingerprint density at radius 1 is 1.16 bits per heavy atom. The van der Waals surface area contributed by atoms with Gasteiger partial charge in [-0.15, -0.1) is 0 Å². The first kappa shape index (κ1) is 18.9. The molecule has 1 aromatic rings. The molecule has 5 nitrogen and oxygen atoms in total. The third kappa shape index (κ3) is 6.18. The van der Waals surface area contributed by atoms with Crippen molar-refractivity contribution in [2.45, 2.75) is 44.6 Å². The van der Waals surface area contributed by atoms with Crippen molar-refractivity contribution in [2.75, 3.05) is 14.1 Å². The number of Topliss-reactive ketones (excluding diaryl/α,β-unsaturated/α-hetero) is 2. The number of hydrogen-bond acceptors (Lipinski definition) is 5. The van der Waals surface area contributed by atoms with Crippen LogP contribution in [0.1, 0.15) is 37.7 Å². The zero-order valence-electron chi connectivity index (χ0n) is 14.9. The zero-order chi connectivity index (χ0) is 18.2. The molecular formula is C20H25NO4. The standard InChI is InChI=1S/C20H25NO4/c1-21(2)14-18(19(23)13-8-15-6-4-3-5-7-15)20(24)25-17-11-9-16(22)10-12-17/h3-7,14,17H,8-13H2,1-2H3/b18-14-. The Morgan fingerprint density at radius 3 is 2.40 bits per heavy atom. The van der Waals surface area contributed by atoms with E-state index in [9.17, 15) is 14.4 Å². The molecule has 0 spiro atoms. The molecule has 0 aromatic heterocycles. The summed E-state index contributed by atoms with van der Waals surface area (Å²) in [6, 6.07) is 9.69. The highest BCUT2D eigenvalue weighted by Crippen LogP contribution is 2.20. The zero-order valence-corrected chi connectivity index (χ0v) is 14.9. The summed E-state index contributed by atoms with van der Waals surface area (Å²) in [7, 11) is 3.52. The maximum absolute atomic E-state index is 12.5. The van der Waals surface area contributed by atoms with Gasteiger partial charge in [0.2, 0.25) is 0 Å². The van der Waals surface area contributed by atoms with Crippen LogP contribution in [0, 0.1) is 0 Å². The lowest BCUT2D eigenvalue weighted by Gasteiger charge is -2.22. The smallest absolute Gasteiger partial charge is 0.343 e. The molecule has 25 heavy (non-hydrogen) atoms. The molecule has 1 saturated carbocycles. The van der Waals surface area contributed by atoms with Crippen molar-refractivity contribution in [1.29, 1.82) is 0 Å². The normalized spacial score (nSPS) is 15.8. The van der Waals surface area contributed by atoms with Crippen LogP contribution in [0.25, 0.3) is 0 Å². The minimum Gasteiger partial charge on any atom is -0.459 e. The summed E-state index contributed by atoms with van der Waals surface area (Å²) in [5.74, 6) is -0.615. The Kier molecular flexibility index (Phi) is 6.92. The van der Waals surface area contributed by atoms with Crippen molar-refractivity contribution in [3.8, 4) is 0 Å². The van der Waals surface area contributed by atoms with Crippen LogP contribution in [-0.2, 0) is 25.5 Å². The van der Waals surface area contributed by atoms with E-state index in [0.29, 0.717) is 32.1 Å². The lowest BCUT2D eigenvalue weighted by molar-refractivity contribution is -0.148. The summed E-state index contributed by atoms with van der Waals surface area (Å²) in [6.07, 6.45) is 4.02. The molecule has 1 fully saturated rings. The van der Waals surface area contributed by atoms with Gasteiger partial charge in [0, 0.05) is 39.6 Å². The van der Waals surface area contributed by atoms with Gasteiger partial charge in [0.1, 0.15) is 17.5 Å². The molecule has 0 radical (unpaired) electrons. The van der Waals surface area contributed by atoms with Crippen LogP contribution >= 0.6 is 0 Å². The quantitative estimate of drug-likeness (QED) is 0.330. The first-order chi connectivity index (χ1) is 12.0. The van der Waals surface area contributed by atoms with E-state index in [0.717, 1.165) is 5.56 Å². The molecule has 0 saturated heterocycles. The predicted molar refractivity (Wildman–Crippen MR) is 94.9 cm³/mol. The van der Waals surface area contributed by atoms with E-state index in [1.165, 1.54) is 6.20 Å². The summed E-state index contributed by atoms with van der Waals surface area (Å²) < 4.78 is 5.47. The molecule has 0 atom stereocenters. The van der Waals surface area contributed by atoms with Gasteiger partial charge < -0.3 is 9.64 Å². The number of benzene rings is 1. The Labute approximate surface area is 148 Å². The minimum atomic E-state index is -0.592. The summed E-state index contributed by atoms with van der Waals surface area (Å²) in [5, 5.41) is 0. The van der Waals surface area contributed by atoms with Gasteiger partial charge in [-0.25, -0.2) is 4.79 Å². The van der Waals surface area contributed by atoms with Crippen molar-refractivity contribution in [3.63, 3.8) is 0 Å². The number of esters is 1. The summed E-state index contributed by atoms with van der Waals surface area (Å²) in [4.78, 5) is 38.0. The molecule has 0 unspecified atom stereocenters. The largest absolute Gasteiger partial charge is 0.459 e. The lowest BCUT2D eigenvalue weighted by Crippen LogP contribution is -2.27. The SMILES string of the molecule is CN(C)/C=C(/C(=O)CCc1ccccc1)C(=O)OC1CCC(=O)CC1. The third-order valence-corrected chi connectivity index (χ3v) is 4.16. The van der Waals surface area contributed by atoms with Crippen LogP contribution < -0.4 is 0 Å². The van der Waals surface area contributed by atoms with E-state index < -0.39 is 5.97 Å². The molecular weight excluding hydrogens is 318 g/mol. The third-order valence-electron chi connectivity index (χ3n) is 4.16. The highest BCUT2D eigenvalue weighted by atomic mass is 16.5. The number of hydrogen-bond donors (Lipinski definition) is 0. The van der Waals surface area contributed by atoms with Crippen LogP contribution in [0.2, 0.25) is 0 Å². The highest BCUT2D eigenvalue weighted by Gasteiger charge is 2.26. The van der Waals surface area contributed by atoms with Crippen LogP contribution in [0.5, 0.6) is 0 Å². The topological polar surface area (TPSA) is 63.7 Å². The number of ketones is 2. The average Bonchev–Trinajstić information content (AvgIpc) is 2.60. The maximum Gasteiger partial charge on any atom is 0.343 e. The van der Waals surface area contributed by atoms with Gasteiger partial charge in [-0.2, -0.15) is 0 Å². The fourth-order valence-electron chi connectivity index (χ4n) is 2.78. The second-order valence-electron chi connectivity index (χ2n) is 6.56. The molecule has 1 aliphatic rings. The molecule has 2 rings (SSSR count). The molecule has 0 heterocycles. The Hall–Kier alpha value is -2.43. The van der Waals surface area contributed by atoms with Gasteiger partial charge in [0.05, 0.1) is 0 Å². The summed E-state index contributed by atoms with van der Waals surface area (Å²) in [5.41, 5.74) is 1.12. The van der Waals surface area contributed by atoms with Gasteiger partial charge in [0.15, 0.2) is 5.78 Å². The van der Waals surface area contributed by atoms with Gasteiger partial charge >= 0.3 is 5.97 Å². The maximum atomic E-state index is 12.5. The van der Waals surface area contributed by atoms with Crippen molar-refractivity contribution < 1.29 is 19.1 Å². The molecule has 0 amide bonds. The van der Waals surface area contributed by atoms with E-state index in [4.69, 9.17) is 4.74 Å². The number of carbonyl (C=O) groups excluding carboxylic acids is 3. The Bertz CT molecular complexity index is 639. The van der Waals surface area contributed by atoms with Crippen LogP contribution in [0.3, 0.4) is 0 Å². The first-order valence-corrected chi connectivity index (χ1v) is 8.63. The molecule has 1 aliphatic carbocycles. The number of rotatable bonds is 7. The molecule has 5 heteroatoms. The van der Waals surface area contributed by atoms with Crippen LogP contribution in [0.4, 0.5) is 0 Å². The molecule has 1 aromatic carbocycles. The van der Waals surface area contributed by atoms with Crippen molar-refractivity contribution in [1.82, 2.24) is 4.90 Å². The number of carbonyl (C=O) groups is 3. The fraction of sp³-hybridized carbons (Fsp3) is 0.450. The minimum absolute atomic E-state index is 0.0674. The predicted octanol–water partition coefficient (Wildman–Crippen LogP) is 2.69. The van der Waals surface area contributed by atoms with E-state index >= 15 is 0 Å². The summed E-state index contributed by atoms with van der Waals surface area (Å²) in [6.45, 7) is 0. The van der Waals surface area contributed by atoms with Crippen molar-refractivity contribution in [3.05, 3.63) is 47.7 Å². The Balaban J connectivity index is 1.98. The van der Waals surface area contributed by atoms with Gasteiger partial charge in [0.25, 0.3) is 0 Å². The first-order valence-electron chi connectivity index (χ1n) is 8.63.